The highest BCUT2D eigenvalue weighted by Crippen LogP contribution is 2.21. The van der Waals surface area contributed by atoms with Gasteiger partial charge in [0.25, 0.3) is 0 Å². The van der Waals surface area contributed by atoms with Gasteiger partial charge in [0.2, 0.25) is 5.91 Å². The number of aryl methyl sites for hydroxylation is 1. The zero-order chi connectivity index (χ0) is 27.7. The highest BCUT2D eigenvalue weighted by Gasteiger charge is 2.17. The molecule has 7 heteroatoms. The lowest BCUT2D eigenvalue weighted by Gasteiger charge is -2.17. The van der Waals surface area contributed by atoms with Crippen molar-refractivity contribution in [2.45, 2.75) is 38.3 Å². The van der Waals surface area contributed by atoms with E-state index in [1.165, 1.54) is 0 Å². The van der Waals surface area contributed by atoms with Gasteiger partial charge < -0.3 is 24.3 Å². The number of carbonyl (C=O) groups is 2. The number of benzene rings is 2. The number of fused-ring (bicyclic) bond motifs is 1. The highest BCUT2D eigenvalue weighted by atomic mass is 16.5. The minimum absolute atomic E-state index is 0.0181. The standard InChI is InChI=1S/C33H33NO6/c35-32(36)16-12-23-11-13-27(19-26(23)21-34-33(37)25-9-5-2-6-10-25)38-17-18-39-28-14-15-29-30(22-40-31(29)20-28)24-7-3-1-4-8-24/h1-9,11,13,15,19-20,22,25,28H,10,12,14,16-18,21H2,(H,34,37)(H,35,36). The van der Waals surface area contributed by atoms with Gasteiger partial charge in [-0.3, -0.25) is 9.59 Å². The highest BCUT2D eigenvalue weighted by molar-refractivity contribution is 5.81. The van der Waals surface area contributed by atoms with E-state index in [0.717, 1.165) is 39.3 Å². The molecule has 2 atom stereocenters. The number of aliphatic carboxylic acids is 1. The van der Waals surface area contributed by atoms with E-state index in [1.54, 1.807) is 6.26 Å². The molecule has 3 aromatic rings. The molecule has 0 radical (unpaired) electrons. The fourth-order valence-corrected chi connectivity index (χ4v) is 4.94. The summed E-state index contributed by atoms with van der Waals surface area (Å²) in [4.78, 5) is 23.7. The molecule has 0 aliphatic heterocycles. The number of hydrogen-bond acceptors (Lipinski definition) is 5. The van der Waals surface area contributed by atoms with E-state index in [9.17, 15) is 9.59 Å². The molecule has 0 saturated carbocycles. The average Bonchev–Trinajstić information content (AvgIpc) is 3.41. The largest absolute Gasteiger partial charge is 0.491 e. The number of nitrogens with one attached hydrogen (secondary N) is 1. The van der Waals surface area contributed by atoms with Crippen molar-refractivity contribution in [3.63, 3.8) is 0 Å². The third-order valence-corrected chi connectivity index (χ3v) is 7.08. The maximum atomic E-state index is 12.6. The molecule has 7 nitrogen and oxygen atoms in total. The summed E-state index contributed by atoms with van der Waals surface area (Å²) in [6, 6.07) is 15.7. The molecule has 206 valence electrons. The van der Waals surface area contributed by atoms with Crippen molar-refractivity contribution in [3.05, 3.63) is 101 Å². The Bertz CT molecular complexity index is 1520. The smallest absolute Gasteiger partial charge is 0.303 e. The number of carboxylic acids is 1. The van der Waals surface area contributed by atoms with Gasteiger partial charge in [0.1, 0.15) is 17.8 Å². The van der Waals surface area contributed by atoms with E-state index in [-0.39, 0.29) is 24.3 Å². The van der Waals surface area contributed by atoms with Crippen LogP contribution in [0.15, 0.2) is 83.5 Å². The van der Waals surface area contributed by atoms with E-state index < -0.39 is 5.97 Å². The van der Waals surface area contributed by atoms with Crippen molar-refractivity contribution >= 4 is 24.0 Å². The van der Waals surface area contributed by atoms with Crippen LogP contribution in [0.3, 0.4) is 0 Å². The molecule has 2 aromatic carbocycles. The van der Waals surface area contributed by atoms with Crippen LogP contribution in [0.2, 0.25) is 0 Å². The lowest BCUT2D eigenvalue weighted by atomic mass is 9.99. The van der Waals surface area contributed by atoms with E-state index in [4.69, 9.17) is 19.0 Å². The van der Waals surface area contributed by atoms with Gasteiger partial charge in [-0.05, 0) is 54.2 Å². The monoisotopic (exact) mass is 539 g/mol. The third kappa shape index (κ3) is 6.98. The molecule has 0 fully saturated rings. The Hall–Kier alpha value is -4.36. The molecule has 2 N–H and O–H groups in total. The van der Waals surface area contributed by atoms with Crippen molar-refractivity contribution in [3.8, 4) is 16.9 Å². The van der Waals surface area contributed by atoms with E-state index in [1.807, 2.05) is 66.8 Å². The van der Waals surface area contributed by atoms with Gasteiger partial charge in [0.05, 0.1) is 24.9 Å². The summed E-state index contributed by atoms with van der Waals surface area (Å²) in [5.41, 5.74) is 4.75. The van der Waals surface area contributed by atoms with Gasteiger partial charge in [-0.1, -0.05) is 66.8 Å². The number of carboxylic acid groups (broad SMARTS) is 1. The van der Waals surface area contributed by atoms with Crippen LogP contribution in [0.4, 0.5) is 0 Å². The quantitative estimate of drug-likeness (QED) is 0.336. The number of amides is 1. The van der Waals surface area contributed by atoms with Crippen LogP contribution in [0, 0.1) is 5.92 Å². The Morgan fingerprint density at radius 1 is 1.02 bits per heavy atom. The molecule has 1 amide bonds. The maximum absolute atomic E-state index is 12.6. The van der Waals surface area contributed by atoms with E-state index >= 15 is 0 Å². The second-order valence-corrected chi connectivity index (χ2v) is 9.85. The molecular formula is C33H33NO6. The number of ether oxygens (including phenoxy) is 2. The van der Waals surface area contributed by atoms with Gasteiger partial charge in [-0.15, -0.1) is 0 Å². The zero-order valence-electron chi connectivity index (χ0n) is 22.3. The molecule has 0 bridgehead atoms. The summed E-state index contributed by atoms with van der Waals surface area (Å²) in [7, 11) is 0. The van der Waals surface area contributed by atoms with Crippen molar-refractivity contribution < 1.29 is 28.6 Å². The molecule has 40 heavy (non-hydrogen) atoms. The number of rotatable bonds is 12. The van der Waals surface area contributed by atoms with Crippen LogP contribution in [-0.4, -0.2) is 36.3 Å². The van der Waals surface area contributed by atoms with Gasteiger partial charge in [-0.2, -0.15) is 0 Å². The first-order valence-electron chi connectivity index (χ1n) is 13.6. The number of furan rings is 1. The molecule has 1 aromatic heterocycles. The molecule has 0 saturated heterocycles. The minimum atomic E-state index is -0.860. The Kier molecular flexibility index (Phi) is 8.93. The summed E-state index contributed by atoms with van der Waals surface area (Å²) in [5, 5.41) is 13.2. The second kappa shape index (κ2) is 13.1. The predicted octanol–water partition coefficient (Wildman–Crippen LogP) is 4.14. The van der Waals surface area contributed by atoms with Crippen molar-refractivity contribution in [2.75, 3.05) is 13.2 Å². The summed E-state index contributed by atoms with van der Waals surface area (Å²) in [5.74, 6) is -0.463. The maximum Gasteiger partial charge on any atom is 0.303 e. The van der Waals surface area contributed by atoms with E-state index in [2.05, 4.69) is 23.5 Å². The Balaban J connectivity index is 1.16. The first-order chi connectivity index (χ1) is 19.6. The SMILES string of the molecule is O=C(O)CCc1ccc(OCCOC2C=c3occ(-c4ccccc4)c3=CC2)cc1CNC(=O)C1C=CC=CC1. The Labute approximate surface area is 233 Å². The molecule has 1 heterocycles. The van der Waals surface area contributed by atoms with Crippen LogP contribution < -0.4 is 20.7 Å². The van der Waals surface area contributed by atoms with Crippen LogP contribution in [0.1, 0.15) is 30.4 Å². The van der Waals surface area contributed by atoms with Crippen LogP contribution in [-0.2, 0) is 27.3 Å². The van der Waals surface area contributed by atoms with Gasteiger partial charge in [0.15, 0.2) is 0 Å². The van der Waals surface area contributed by atoms with Crippen molar-refractivity contribution in [1.82, 2.24) is 5.32 Å². The number of hydrogen-bond donors (Lipinski definition) is 2. The van der Waals surface area contributed by atoms with Crippen LogP contribution in [0.5, 0.6) is 5.75 Å². The fourth-order valence-electron chi connectivity index (χ4n) is 4.94. The second-order valence-electron chi connectivity index (χ2n) is 9.85. The number of carbonyl (C=O) groups excluding carboxylic acids is 1. The molecule has 2 aliphatic rings. The summed E-state index contributed by atoms with van der Waals surface area (Å²) >= 11 is 0. The van der Waals surface area contributed by atoms with Gasteiger partial charge in [0, 0.05) is 23.7 Å². The zero-order valence-corrected chi connectivity index (χ0v) is 22.3. The minimum Gasteiger partial charge on any atom is -0.491 e. The average molecular weight is 540 g/mol. The van der Waals surface area contributed by atoms with Gasteiger partial charge in [-0.25, -0.2) is 0 Å². The molecule has 0 spiro atoms. The Morgan fingerprint density at radius 2 is 1.90 bits per heavy atom. The van der Waals surface area contributed by atoms with Crippen LogP contribution in [0.25, 0.3) is 23.3 Å². The third-order valence-electron chi connectivity index (χ3n) is 7.08. The molecule has 2 unspecified atom stereocenters. The number of allylic oxidation sites excluding steroid dienone is 3. The first kappa shape index (κ1) is 27.2. The first-order valence-corrected chi connectivity index (χ1v) is 13.6. The van der Waals surface area contributed by atoms with Crippen LogP contribution >= 0.6 is 0 Å². The topological polar surface area (TPSA) is 98.0 Å². The lowest BCUT2D eigenvalue weighted by Crippen LogP contribution is -2.30. The normalized spacial score (nSPS) is 17.4. The van der Waals surface area contributed by atoms with E-state index in [0.29, 0.717) is 38.3 Å². The molecule has 5 rings (SSSR count). The summed E-state index contributed by atoms with van der Waals surface area (Å²) < 4.78 is 17.8. The molecular weight excluding hydrogens is 506 g/mol. The van der Waals surface area contributed by atoms with Crippen molar-refractivity contribution in [2.24, 2.45) is 5.92 Å². The van der Waals surface area contributed by atoms with Crippen molar-refractivity contribution in [1.29, 1.82) is 0 Å². The molecule has 2 aliphatic carbocycles. The lowest BCUT2D eigenvalue weighted by molar-refractivity contribution is -0.137. The van der Waals surface area contributed by atoms with Gasteiger partial charge >= 0.3 is 5.97 Å². The Morgan fingerprint density at radius 3 is 2.70 bits per heavy atom. The fraction of sp³-hybridized carbons (Fsp3) is 0.273. The summed E-state index contributed by atoms with van der Waals surface area (Å²) in [6.07, 6.45) is 15.3. The summed E-state index contributed by atoms with van der Waals surface area (Å²) in [6.45, 7) is 1.05. The predicted molar refractivity (Wildman–Crippen MR) is 153 cm³/mol.